The fraction of sp³-hybridized carbons (Fsp3) is 0.812. The highest BCUT2D eigenvalue weighted by molar-refractivity contribution is 5.27. The Morgan fingerprint density at radius 2 is 1.84 bits per heavy atom. The van der Waals surface area contributed by atoms with Crippen LogP contribution < -0.4 is 5.32 Å². The molecule has 106 valence electrons. The molecule has 2 aliphatic carbocycles. The van der Waals surface area contributed by atoms with E-state index in [-0.39, 0.29) is 0 Å². The quantitative estimate of drug-likeness (QED) is 0.851. The lowest BCUT2D eigenvalue weighted by molar-refractivity contribution is 0.447. The van der Waals surface area contributed by atoms with Gasteiger partial charge >= 0.3 is 0 Å². The normalized spacial score (nSPS) is 20.3. The molecule has 2 fully saturated rings. The van der Waals surface area contributed by atoms with E-state index in [1.165, 1.54) is 55.5 Å². The van der Waals surface area contributed by atoms with Crippen LogP contribution in [-0.2, 0) is 19.4 Å². The minimum absolute atomic E-state index is 0.676. The second-order valence-corrected chi connectivity index (χ2v) is 6.12. The summed E-state index contributed by atoms with van der Waals surface area (Å²) in [6.07, 6.45) is 10.3. The maximum atomic E-state index is 4.96. The fourth-order valence-corrected chi connectivity index (χ4v) is 3.40. The van der Waals surface area contributed by atoms with E-state index in [0.29, 0.717) is 6.04 Å². The molecule has 2 saturated carbocycles. The van der Waals surface area contributed by atoms with Crippen molar-refractivity contribution >= 4 is 0 Å². The SMILES string of the molecule is CCc1nn(C2CCCC2)c(CC)c1CNC1CC1. The van der Waals surface area contributed by atoms with Crippen LogP contribution in [0, 0.1) is 0 Å². The molecule has 0 saturated heterocycles. The molecule has 3 rings (SSSR count). The third kappa shape index (κ3) is 2.71. The topological polar surface area (TPSA) is 29.9 Å². The highest BCUT2D eigenvalue weighted by atomic mass is 15.3. The van der Waals surface area contributed by atoms with Crippen LogP contribution in [0.1, 0.15) is 75.4 Å². The van der Waals surface area contributed by atoms with Gasteiger partial charge in [0.2, 0.25) is 0 Å². The summed E-state index contributed by atoms with van der Waals surface area (Å²) in [5.74, 6) is 0. The molecule has 0 atom stereocenters. The summed E-state index contributed by atoms with van der Waals surface area (Å²) in [5, 5.41) is 8.63. The zero-order valence-corrected chi connectivity index (χ0v) is 12.4. The zero-order chi connectivity index (χ0) is 13.2. The standard InChI is InChI=1S/C16H27N3/c1-3-15-14(11-17-12-9-10-12)16(4-2)19(18-15)13-7-5-6-8-13/h12-13,17H,3-11H2,1-2H3. The molecule has 3 heteroatoms. The van der Waals surface area contributed by atoms with Crippen molar-refractivity contribution in [3.63, 3.8) is 0 Å². The van der Waals surface area contributed by atoms with Crippen LogP contribution in [0.4, 0.5) is 0 Å². The van der Waals surface area contributed by atoms with E-state index in [1.807, 2.05) is 0 Å². The Morgan fingerprint density at radius 3 is 2.42 bits per heavy atom. The van der Waals surface area contributed by atoms with Crippen molar-refractivity contribution in [2.24, 2.45) is 0 Å². The Morgan fingerprint density at radius 1 is 1.11 bits per heavy atom. The van der Waals surface area contributed by atoms with E-state index in [4.69, 9.17) is 5.10 Å². The van der Waals surface area contributed by atoms with Crippen LogP contribution in [0.3, 0.4) is 0 Å². The van der Waals surface area contributed by atoms with Crippen LogP contribution in [0.5, 0.6) is 0 Å². The first-order valence-electron chi connectivity index (χ1n) is 8.16. The Labute approximate surface area is 116 Å². The minimum Gasteiger partial charge on any atom is -0.310 e. The summed E-state index contributed by atoms with van der Waals surface area (Å²) in [6.45, 7) is 5.55. The summed E-state index contributed by atoms with van der Waals surface area (Å²) < 4.78 is 2.38. The Bertz CT molecular complexity index is 425. The molecule has 0 aliphatic heterocycles. The van der Waals surface area contributed by atoms with Crippen molar-refractivity contribution in [3.05, 3.63) is 17.0 Å². The molecule has 0 unspecified atom stereocenters. The van der Waals surface area contributed by atoms with Gasteiger partial charge in [0, 0.05) is 23.8 Å². The van der Waals surface area contributed by atoms with Gasteiger partial charge in [0.15, 0.2) is 0 Å². The number of hydrogen-bond donors (Lipinski definition) is 1. The minimum atomic E-state index is 0.676. The average molecular weight is 261 g/mol. The highest BCUT2D eigenvalue weighted by Crippen LogP contribution is 2.32. The van der Waals surface area contributed by atoms with Gasteiger partial charge in [-0.05, 0) is 38.5 Å². The Kier molecular flexibility index (Phi) is 3.92. The van der Waals surface area contributed by atoms with Crippen LogP contribution in [0.15, 0.2) is 0 Å². The molecule has 3 nitrogen and oxygen atoms in total. The van der Waals surface area contributed by atoms with E-state index in [2.05, 4.69) is 23.8 Å². The summed E-state index contributed by atoms with van der Waals surface area (Å²) in [5.41, 5.74) is 4.33. The number of aromatic nitrogens is 2. The van der Waals surface area contributed by atoms with Gasteiger partial charge in [-0.2, -0.15) is 5.10 Å². The van der Waals surface area contributed by atoms with Crippen molar-refractivity contribution < 1.29 is 0 Å². The molecule has 0 spiro atoms. The predicted molar refractivity (Wildman–Crippen MR) is 78.3 cm³/mol. The predicted octanol–water partition coefficient (Wildman–Crippen LogP) is 3.38. The number of aryl methyl sites for hydroxylation is 1. The molecule has 0 radical (unpaired) electrons. The monoisotopic (exact) mass is 261 g/mol. The lowest BCUT2D eigenvalue weighted by Crippen LogP contribution is -2.17. The van der Waals surface area contributed by atoms with Gasteiger partial charge < -0.3 is 5.32 Å². The van der Waals surface area contributed by atoms with Crippen LogP contribution in [0.2, 0.25) is 0 Å². The molecule has 19 heavy (non-hydrogen) atoms. The molecule has 1 aromatic heterocycles. The summed E-state index contributed by atoms with van der Waals surface area (Å²) in [7, 11) is 0. The van der Waals surface area contributed by atoms with Crippen LogP contribution in [-0.4, -0.2) is 15.8 Å². The molecule has 0 aromatic carbocycles. The van der Waals surface area contributed by atoms with Gasteiger partial charge in [-0.3, -0.25) is 4.68 Å². The largest absolute Gasteiger partial charge is 0.310 e. The fourth-order valence-electron chi connectivity index (χ4n) is 3.40. The van der Waals surface area contributed by atoms with Crippen LogP contribution in [0.25, 0.3) is 0 Å². The van der Waals surface area contributed by atoms with E-state index >= 15 is 0 Å². The summed E-state index contributed by atoms with van der Waals surface area (Å²) in [6, 6.07) is 1.46. The number of hydrogen-bond acceptors (Lipinski definition) is 2. The maximum absolute atomic E-state index is 4.96. The van der Waals surface area contributed by atoms with E-state index in [0.717, 1.165) is 25.4 Å². The average Bonchev–Trinajstić information content (AvgIpc) is 2.98. The first-order chi connectivity index (χ1) is 9.33. The molecule has 1 N–H and O–H groups in total. The lowest BCUT2D eigenvalue weighted by Gasteiger charge is -2.14. The molecule has 1 heterocycles. The van der Waals surface area contributed by atoms with Gasteiger partial charge in [0.05, 0.1) is 11.7 Å². The molecule has 1 aromatic rings. The van der Waals surface area contributed by atoms with Gasteiger partial charge in [-0.25, -0.2) is 0 Å². The molecule has 2 aliphatic rings. The van der Waals surface area contributed by atoms with Gasteiger partial charge in [0.25, 0.3) is 0 Å². The number of nitrogens with zero attached hydrogens (tertiary/aromatic N) is 2. The first kappa shape index (κ1) is 13.2. The van der Waals surface area contributed by atoms with E-state index in [1.54, 1.807) is 0 Å². The molecular weight excluding hydrogens is 234 g/mol. The number of nitrogens with one attached hydrogen (secondary N) is 1. The lowest BCUT2D eigenvalue weighted by atomic mass is 10.1. The highest BCUT2D eigenvalue weighted by Gasteiger charge is 2.25. The van der Waals surface area contributed by atoms with Gasteiger partial charge in [-0.1, -0.05) is 26.7 Å². The van der Waals surface area contributed by atoms with Crippen molar-refractivity contribution in [1.29, 1.82) is 0 Å². The zero-order valence-electron chi connectivity index (χ0n) is 12.4. The molecule has 0 bridgehead atoms. The first-order valence-corrected chi connectivity index (χ1v) is 8.16. The third-order valence-electron chi connectivity index (χ3n) is 4.69. The molecular formula is C16H27N3. The van der Waals surface area contributed by atoms with Gasteiger partial charge in [-0.15, -0.1) is 0 Å². The van der Waals surface area contributed by atoms with Crippen LogP contribution >= 0.6 is 0 Å². The van der Waals surface area contributed by atoms with E-state index in [9.17, 15) is 0 Å². The van der Waals surface area contributed by atoms with Crippen molar-refractivity contribution in [2.75, 3.05) is 0 Å². The smallest absolute Gasteiger partial charge is 0.0669 e. The van der Waals surface area contributed by atoms with Gasteiger partial charge in [0.1, 0.15) is 0 Å². The third-order valence-corrected chi connectivity index (χ3v) is 4.69. The Hall–Kier alpha value is -0.830. The second kappa shape index (κ2) is 5.66. The second-order valence-electron chi connectivity index (χ2n) is 6.12. The van der Waals surface area contributed by atoms with Crippen molar-refractivity contribution in [1.82, 2.24) is 15.1 Å². The van der Waals surface area contributed by atoms with Crippen molar-refractivity contribution in [2.45, 2.75) is 83.8 Å². The van der Waals surface area contributed by atoms with Crippen molar-refractivity contribution in [3.8, 4) is 0 Å². The molecule has 0 amide bonds. The number of rotatable bonds is 6. The summed E-state index contributed by atoms with van der Waals surface area (Å²) in [4.78, 5) is 0. The van der Waals surface area contributed by atoms with E-state index < -0.39 is 0 Å². The Balaban J connectivity index is 1.85. The maximum Gasteiger partial charge on any atom is 0.0669 e. The summed E-state index contributed by atoms with van der Waals surface area (Å²) >= 11 is 0.